The van der Waals surface area contributed by atoms with E-state index in [-0.39, 0.29) is 18.3 Å². The van der Waals surface area contributed by atoms with Crippen LogP contribution >= 0.6 is 12.4 Å². The Labute approximate surface area is 160 Å². The molecule has 0 atom stereocenters. The number of para-hydroxylation sites is 1. The molecule has 0 saturated carbocycles. The van der Waals surface area contributed by atoms with E-state index in [9.17, 15) is 4.79 Å². The van der Waals surface area contributed by atoms with Gasteiger partial charge in [-0.15, -0.1) is 12.4 Å². The molecule has 4 rings (SSSR count). The molecule has 0 aliphatic carbocycles. The molecule has 1 amide bonds. The number of carbonyl (C=O) groups is 1. The van der Waals surface area contributed by atoms with E-state index in [0.717, 1.165) is 49.2 Å². The van der Waals surface area contributed by atoms with Crippen molar-refractivity contribution in [2.24, 2.45) is 0 Å². The van der Waals surface area contributed by atoms with E-state index in [2.05, 4.69) is 40.2 Å². The second-order valence-electron chi connectivity index (χ2n) is 6.68. The van der Waals surface area contributed by atoms with Gasteiger partial charge in [0, 0.05) is 49.8 Å². The van der Waals surface area contributed by atoms with Crippen molar-refractivity contribution >= 4 is 29.2 Å². The number of aromatic nitrogens is 1. The molecule has 1 aromatic heterocycles. The van der Waals surface area contributed by atoms with E-state index in [1.54, 1.807) is 0 Å². The molecule has 3 aromatic rings. The first-order valence-corrected chi connectivity index (χ1v) is 8.88. The zero-order valence-electron chi connectivity index (χ0n) is 14.7. The Morgan fingerprint density at radius 1 is 0.923 bits per heavy atom. The molecule has 0 bridgehead atoms. The Morgan fingerprint density at radius 2 is 1.62 bits per heavy atom. The molecule has 0 spiro atoms. The van der Waals surface area contributed by atoms with Crippen LogP contribution in [0.1, 0.15) is 11.1 Å². The molecule has 2 aromatic carbocycles. The van der Waals surface area contributed by atoms with Crippen molar-refractivity contribution in [2.75, 3.05) is 26.2 Å². The van der Waals surface area contributed by atoms with Gasteiger partial charge < -0.3 is 9.88 Å². The number of benzene rings is 2. The summed E-state index contributed by atoms with van der Waals surface area (Å²) in [6.45, 7) is 4.47. The Hall–Kier alpha value is -2.30. The van der Waals surface area contributed by atoms with Crippen molar-refractivity contribution < 1.29 is 4.79 Å². The predicted octanol–water partition coefficient (Wildman–Crippen LogP) is 3.48. The van der Waals surface area contributed by atoms with Gasteiger partial charge in [-0.3, -0.25) is 9.69 Å². The number of nitrogens with zero attached hydrogens (tertiary/aromatic N) is 2. The van der Waals surface area contributed by atoms with E-state index in [1.165, 1.54) is 5.56 Å². The predicted molar refractivity (Wildman–Crippen MR) is 108 cm³/mol. The number of fused-ring (bicyclic) bond motifs is 1. The highest BCUT2D eigenvalue weighted by molar-refractivity contribution is 5.88. The molecule has 5 heteroatoms. The maximum atomic E-state index is 12.7. The zero-order chi connectivity index (χ0) is 17.1. The Morgan fingerprint density at radius 3 is 2.38 bits per heavy atom. The molecular formula is C21H24ClN3O. The fourth-order valence-corrected chi connectivity index (χ4v) is 3.55. The van der Waals surface area contributed by atoms with E-state index in [4.69, 9.17) is 0 Å². The maximum Gasteiger partial charge on any atom is 0.227 e. The van der Waals surface area contributed by atoms with Gasteiger partial charge in [0.15, 0.2) is 0 Å². The molecule has 26 heavy (non-hydrogen) atoms. The summed E-state index contributed by atoms with van der Waals surface area (Å²) in [5, 5.41) is 1.15. The van der Waals surface area contributed by atoms with Crippen molar-refractivity contribution in [1.29, 1.82) is 0 Å². The smallest absolute Gasteiger partial charge is 0.227 e. The van der Waals surface area contributed by atoms with Crippen LogP contribution < -0.4 is 0 Å². The fraction of sp³-hybridized carbons (Fsp3) is 0.286. The van der Waals surface area contributed by atoms with Crippen molar-refractivity contribution in [2.45, 2.75) is 13.0 Å². The van der Waals surface area contributed by atoms with Gasteiger partial charge in [-0.2, -0.15) is 0 Å². The first-order chi connectivity index (χ1) is 12.3. The maximum absolute atomic E-state index is 12.7. The number of amides is 1. The average Bonchev–Trinajstić information content (AvgIpc) is 3.06. The molecule has 2 heterocycles. The van der Waals surface area contributed by atoms with Crippen molar-refractivity contribution in [3.8, 4) is 0 Å². The Balaban J connectivity index is 0.00000196. The van der Waals surface area contributed by atoms with Crippen molar-refractivity contribution in [3.63, 3.8) is 0 Å². The molecule has 0 radical (unpaired) electrons. The number of halogens is 1. The van der Waals surface area contributed by atoms with Crippen molar-refractivity contribution in [3.05, 3.63) is 71.9 Å². The van der Waals surface area contributed by atoms with E-state index >= 15 is 0 Å². The highest BCUT2D eigenvalue weighted by Gasteiger charge is 2.21. The minimum atomic E-state index is 0. The number of H-pyrrole nitrogens is 1. The van der Waals surface area contributed by atoms with E-state index in [0.29, 0.717) is 6.42 Å². The summed E-state index contributed by atoms with van der Waals surface area (Å²) in [6.07, 6.45) is 2.44. The van der Waals surface area contributed by atoms with Gasteiger partial charge in [-0.05, 0) is 17.2 Å². The number of rotatable bonds is 4. The third-order valence-corrected chi connectivity index (χ3v) is 4.99. The Kier molecular flexibility index (Phi) is 5.96. The number of hydrogen-bond donors (Lipinski definition) is 1. The first-order valence-electron chi connectivity index (χ1n) is 8.88. The summed E-state index contributed by atoms with van der Waals surface area (Å²) in [5.74, 6) is 0.226. The molecule has 1 saturated heterocycles. The quantitative estimate of drug-likeness (QED) is 0.764. The van der Waals surface area contributed by atoms with Crippen molar-refractivity contribution in [1.82, 2.24) is 14.8 Å². The van der Waals surface area contributed by atoms with E-state index < -0.39 is 0 Å². The van der Waals surface area contributed by atoms with Crippen LogP contribution in [0.25, 0.3) is 10.9 Å². The topological polar surface area (TPSA) is 39.3 Å². The Bertz CT molecular complexity index is 854. The third kappa shape index (κ3) is 4.09. The van der Waals surface area contributed by atoms with Gasteiger partial charge in [-0.25, -0.2) is 0 Å². The summed E-state index contributed by atoms with van der Waals surface area (Å²) in [5.41, 5.74) is 3.52. The minimum absolute atomic E-state index is 0. The van der Waals surface area contributed by atoms with Gasteiger partial charge in [0.05, 0.1) is 6.42 Å². The molecule has 4 nitrogen and oxygen atoms in total. The van der Waals surface area contributed by atoms with Crippen LogP contribution in [0.4, 0.5) is 0 Å². The summed E-state index contributed by atoms with van der Waals surface area (Å²) >= 11 is 0. The molecule has 1 N–H and O–H groups in total. The third-order valence-electron chi connectivity index (χ3n) is 4.99. The SMILES string of the molecule is Cl.O=C(Cc1c[nH]c2ccccc12)N1CCN(Cc2ccccc2)CC1. The lowest BCUT2D eigenvalue weighted by Gasteiger charge is -2.34. The molecule has 136 valence electrons. The van der Waals surface area contributed by atoms with Crippen LogP contribution in [0, 0.1) is 0 Å². The molecule has 0 unspecified atom stereocenters. The van der Waals surface area contributed by atoms with Gasteiger partial charge in [0.2, 0.25) is 5.91 Å². The standard InChI is InChI=1S/C21H23N3O.ClH/c25-21(14-18-15-22-20-9-5-4-8-19(18)20)24-12-10-23(11-13-24)16-17-6-2-1-3-7-17;/h1-9,15,22H,10-14,16H2;1H. The second kappa shape index (κ2) is 8.39. The van der Waals surface area contributed by atoms with E-state index in [1.807, 2.05) is 35.4 Å². The van der Waals surface area contributed by atoms with Crippen LogP contribution in [-0.4, -0.2) is 46.9 Å². The van der Waals surface area contributed by atoms with Crippen LogP contribution in [0.5, 0.6) is 0 Å². The number of carbonyl (C=O) groups excluding carboxylic acids is 1. The van der Waals surface area contributed by atoms with Crippen LogP contribution in [0.15, 0.2) is 60.8 Å². The second-order valence-corrected chi connectivity index (χ2v) is 6.68. The lowest BCUT2D eigenvalue weighted by atomic mass is 10.1. The number of hydrogen-bond acceptors (Lipinski definition) is 2. The average molecular weight is 370 g/mol. The highest BCUT2D eigenvalue weighted by atomic mass is 35.5. The van der Waals surface area contributed by atoms with Crippen LogP contribution in [-0.2, 0) is 17.8 Å². The number of aromatic amines is 1. The molecule has 1 aliphatic heterocycles. The summed E-state index contributed by atoms with van der Waals surface area (Å²) in [7, 11) is 0. The monoisotopic (exact) mass is 369 g/mol. The minimum Gasteiger partial charge on any atom is -0.361 e. The van der Waals surface area contributed by atoms with Gasteiger partial charge in [0.1, 0.15) is 0 Å². The van der Waals surface area contributed by atoms with Gasteiger partial charge >= 0.3 is 0 Å². The molecule has 1 aliphatic rings. The lowest BCUT2D eigenvalue weighted by molar-refractivity contribution is -0.132. The highest BCUT2D eigenvalue weighted by Crippen LogP contribution is 2.19. The number of piperazine rings is 1. The summed E-state index contributed by atoms with van der Waals surface area (Å²) in [4.78, 5) is 20.3. The number of nitrogens with one attached hydrogen (secondary N) is 1. The van der Waals surface area contributed by atoms with Gasteiger partial charge in [0.25, 0.3) is 0 Å². The fourth-order valence-electron chi connectivity index (χ4n) is 3.55. The summed E-state index contributed by atoms with van der Waals surface area (Å²) < 4.78 is 0. The normalized spacial score (nSPS) is 15.0. The first kappa shape index (κ1) is 18.5. The summed E-state index contributed by atoms with van der Waals surface area (Å²) in [6, 6.07) is 18.7. The van der Waals surface area contributed by atoms with Gasteiger partial charge in [-0.1, -0.05) is 48.5 Å². The largest absolute Gasteiger partial charge is 0.361 e. The lowest BCUT2D eigenvalue weighted by Crippen LogP contribution is -2.48. The molecule has 1 fully saturated rings. The zero-order valence-corrected chi connectivity index (χ0v) is 15.5. The molecular weight excluding hydrogens is 346 g/mol. The van der Waals surface area contributed by atoms with Crippen LogP contribution in [0.2, 0.25) is 0 Å². The van der Waals surface area contributed by atoms with Crippen LogP contribution in [0.3, 0.4) is 0 Å².